The summed E-state index contributed by atoms with van der Waals surface area (Å²) in [6.07, 6.45) is 3.91. The van der Waals surface area contributed by atoms with Crippen LogP contribution in [-0.2, 0) is 16.1 Å². The smallest absolute Gasteiger partial charge is 0.312 e. The number of carbonyl (C=O) groups excluding carboxylic acids is 1. The monoisotopic (exact) mass is 301 g/mol. The number of rotatable bonds is 7. The second kappa shape index (κ2) is 8.21. The van der Waals surface area contributed by atoms with Crippen LogP contribution in [0.1, 0.15) is 17.4 Å². The number of nitrogens with one attached hydrogen (secondary N) is 1. The number of hydrogen-bond donors (Lipinski definition) is 2. The number of pyridine rings is 2. The molecule has 2 aromatic rings. The number of nitrogens with zero attached hydrogens (tertiary/aromatic N) is 2. The lowest BCUT2D eigenvalue weighted by atomic mass is 9.96. The molecule has 0 radical (unpaired) electrons. The molecule has 0 aliphatic heterocycles. The first-order chi connectivity index (χ1) is 10.7. The first kappa shape index (κ1) is 16.1. The Balaban J connectivity index is 1.99. The zero-order valence-corrected chi connectivity index (χ0v) is 12.3. The van der Waals surface area contributed by atoms with Gasteiger partial charge in [-0.2, -0.15) is 0 Å². The van der Waals surface area contributed by atoms with E-state index >= 15 is 0 Å². The van der Waals surface area contributed by atoms with Crippen LogP contribution in [-0.4, -0.2) is 34.7 Å². The van der Waals surface area contributed by atoms with Crippen molar-refractivity contribution in [3.05, 3.63) is 60.2 Å². The van der Waals surface area contributed by atoms with E-state index in [0.29, 0.717) is 12.1 Å². The fraction of sp³-hybridized carbons (Fsp3) is 0.312. The Kier molecular flexibility index (Phi) is 6.00. The summed E-state index contributed by atoms with van der Waals surface area (Å²) in [6, 6.07) is 8.99. The highest BCUT2D eigenvalue weighted by atomic mass is 16.5. The quantitative estimate of drug-likeness (QED) is 0.745. The normalized spacial score (nSPS) is 13.4. The van der Waals surface area contributed by atoms with Crippen LogP contribution in [0.15, 0.2) is 48.9 Å². The van der Waals surface area contributed by atoms with Crippen molar-refractivity contribution in [2.24, 2.45) is 5.92 Å². The summed E-state index contributed by atoms with van der Waals surface area (Å²) < 4.78 is 4.79. The Morgan fingerprint density at radius 1 is 1.27 bits per heavy atom. The molecule has 0 bridgehead atoms. The summed E-state index contributed by atoms with van der Waals surface area (Å²) in [5.74, 6) is -1.16. The van der Waals surface area contributed by atoms with E-state index in [0.717, 1.165) is 5.69 Å². The molecule has 2 atom stereocenters. The highest BCUT2D eigenvalue weighted by Gasteiger charge is 2.28. The summed E-state index contributed by atoms with van der Waals surface area (Å²) in [5.41, 5.74) is 1.49. The van der Waals surface area contributed by atoms with Crippen LogP contribution in [0.25, 0.3) is 0 Å². The average molecular weight is 301 g/mol. The zero-order valence-electron chi connectivity index (χ0n) is 12.3. The predicted octanol–water partition coefficient (Wildman–Crippen LogP) is 1.09. The third-order valence-corrected chi connectivity index (χ3v) is 3.33. The highest BCUT2D eigenvalue weighted by molar-refractivity contribution is 5.73. The van der Waals surface area contributed by atoms with Crippen LogP contribution in [0.2, 0.25) is 0 Å². The van der Waals surface area contributed by atoms with Crippen molar-refractivity contribution in [1.29, 1.82) is 0 Å². The molecular weight excluding hydrogens is 282 g/mol. The molecule has 6 heteroatoms. The van der Waals surface area contributed by atoms with E-state index < -0.39 is 18.0 Å². The van der Waals surface area contributed by atoms with Crippen molar-refractivity contribution in [3.8, 4) is 0 Å². The van der Waals surface area contributed by atoms with Gasteiger partial charge in [0.25, 0.3) is 0 Å². The van der Waals surface area contributed by atoms with Crippen molar-refractivity contribution >= 4 is 5.97 Å². The summed E-state index contributed by atoms with van der Waals surface area (Å²) in [4.78, 5) is 20.0. The van der Waals surface area contributed by atoms with E-state index in [9.17, 15) is 9.90 Å². The van der Waals surface area contributed by atoms with Crippen molar-refractivity contribution in [2.45, 2.75) is 12.6 Å². The maximum atomic E-state index is 11.9. The largest absolute Gasteiger partial charge is 0.469 e. The van der Waals surface area contributed by atoms with Gasteiger partial charge in [-0.25, -0.2) is 0 Å². The van der Waals surface area contributed by atoms with Gasteiger partial charge >= 0.3 is 5.97 Å². The Morgan fingerprint density at radius 3 is 2.68 bits per heavy atom. The van der Waals surface area contributed by atoms with E-state index in [4.69, 9.17) is 4.74 Å². The van der Waals surface area contributed by atoms with Crippen LogP contribution in [0, 0.1) is 5.92 Å². The first-order valence-corrected chi connectivity index (χ1v) is 6.99. The maximum Gasteiger partial charge on any atom is 0.312 e. The fourth-order valence-electron chi connectivity index (χ4n) is 2.13. The second-order valence-corrected chi connectivity index (χ2v) is 4.81. The molecule has 2 rings (SSSR count). The molecule has 0 spiro atoms. The molecule has 116 valence electrons. The molecule has 22 heavy (non-hydrogen) atoms. The number of aliphatic hydroxyl groups excluding tert-OH is 1. The molecule has 2 unspecified atom stereocenters. The molecule has 0 aliphatic rings. The number of carbonyl (C=O) groups is 1. The molecule has 2 heterocycles. The van der Waals surface area contributed by atoms with E-state index in [1.165, 1.54) is 7.11 Å². The van der Waals surface area contributed by atoms with Gasteiger partial charge in [-0.1, -0.05) is 6.07 Å². The lowest BCUT2D eigenvalue weighted by Crippen LogP contribution is -2.34. The lowest BCUT2D eigenvalue weighted by Gasteiger charge is -2.21. The second-order valence-electron chi connectivity index (χ2n) is 4.81. The van der Waals surface area contributed by atoms with Crippen LogP contribution in [0.5, 0.6) is 0 Å². The molecule has 0 aliphatic carbocycles. The molecule has 2 aromatic heterocycles. The SMILES string of the molecule is COC(=O)C(CNCc1ccccn1)C(O)c1ccncc1. The zero-order chi connectivity index (χ0) is 15.8. The van der Waals surface area contributed by atoms with E-state index in [1.54, 1.807) is 30.7 Å². The van der Waals surface area contributed by atoms with Gasteiger partial charge in [0.1, 0.15) is 0 Å². The molecule has 6 nitrogen and oxygen atoms in total. The minimum absolute atomic E-state index is 0.284. The average Bonchev–Trinajstić information content (AvgIpc) is 2.59. The third-order valence-electron chi connectivity index (χ3n) is 3.33. The molecule has 0 fully saturated rings. The molecule has 0 aromatic carbocycles. The minimum atomic E-state index is -0.952. The topological polar surface area (TPSA) is 84.3 Å². The summed E-state index contributed by atoms with van der Waals surface area (Å²) in [7, 11) is 1.31. The van der Waals surface area contributed by atoms with Crippen LogP contribution >= 0.6 is 0 Å². The Hall–Kier alpha value is -2.31. The maximum absolute atomic E-state index is 11.9. The van der Waals surface area contributed by atoms with E-state index in [2.05, 4.69) is 15.3 Å². The standard InChI is InChI=1S/C16H19N3O3/c1-22-16(21)14(15(20)12-5-8-17-9-6-12)11-18-10-13-4-2-3-7-19-13/h2-9,14-15,18,20H,10-11H2,1H3. The van der Waals surface area contributed by atoms with Gasteiger partial charge in [-0.15, -0.1) is 0 Å². The van der Waals surface area contributed by atoms with E-state index in [-0.39, 0.29) is 6.54 Å². The molecule has 0 saturated heterocycles. The van der Waals surface area contributed by atoms with Crippen molar-refractivity contribution in [2.75, 3.05) is 13.7 Å². The van der Waals surface area contributed by atoms with Crippen LogP contribution in [0.3, 0.4) is 0 Å². The van der Waals surface area contributed by atoms with Gasteiger partial charge in [0.05, 0.1) is 24.8 Å². The van der Waals surface area contributed by atoms with Crippen LogP contribution < -0.4 is 5.32 Å². The predicted molar refractivity (Wildman–Crippen MR) is 80.6 cm³/mol. The van der Waals surface area contributed by atoms with Gasteiger partial charge < -0.3 is 15.2 Å². The molecule has 0 amide bonds. The molecule has 2 N–H and O–H groups in total. The van der Waals surface area contributed by atoms with Crippen molar-refractivity contribution in [1.82, 2.24) is 15.3 Å². The van der Waals surface area contributed by atoms with Crippen molar-refractivity contribution < 1.29 is 14.6 Å². The van der Waals surface area contributed by atoms with Crippen molar-refractivity contribution in [3.63, 3.8) is 0 Å². The minimum Gasteiger partial charge on any atom is -0.469 e. The number of esters is 1. The third kappa shape index (κ3) is 4.34. The van der Waals surface area contributed by atoms with Gasteiger partial charge in [-0.3, -0.25) is 14.8 Å². The number of hydrogen-bond acceptors (Lipinski definition) is 6. The molecule has 0 saturated carbocycles. The summed E-state index contributed by atoms with van der Waals surface area (Å²) in [5, 5.41) is 13.5. The van der Waals surface area contributed by atoms with Gasteiger partial charge in [-0.05, 0) is 29.8 Å². The van der Waals surface area contributed by atoms with Gasteiger partial charge in [0.15, 0.2) is 0 Å². The number of ether oxygens (including phenoxy) is 1. The summed E-state index contributed by atoms with van der Waals surface area (Å²) >= 11 is 0. The summed E-state index contributed by atoms with van der Waals surface area (Å²) in [6.45, 7) is 0.796. The van der Waals surface area contributed by atoms with E-state index in [1.807, 2.05) is 18.2 Å². The Labute approximate surface area is 129 Å². The highest BCUT2D eigenvalue weighted by Crippen LogP contribution is 2.22. The van der Waals surface area contributed by atoms with Crippen LogP contribution in [0.4, 0.5) is 0 Å². The van der Waals surface area contributed by atoms with Gasteiger partial charge in [0, 0.05) is 31.7 Å². The Morgan fingerprint density at radius 2 is 2.05 bits per heavy atom. The fourth-order valence-corrected chi connectivity index (χ4v) is 2.13. The first-order valence-electron chi connectivity index (χ1n) is 6.99. The Bertz CT molecular complexity index is 578. The number of aliphatic hydroxyl groups is 1. The molecular formula is C16H19N3O3. The number of aromatic nitrogens is 2. The number of methoxy groups -OCH3 is 1. The lowest BCUT2D eigenvalue weighted by molar-refractivity contribution is -0.149. The van der Waals surface area contributed by atoms with Gasteiger partial charge in [0.2, 0.25) is 0 Å².